The van der Waals surface area contributed by atoms with Gasteiger partial charge in [0, 0.05) is 12.6 Å². The molecule has 1 saturated carbocycles. The molecule has 1 aliphatic rings. The van der Waals surface area contributed by atoms with Gasteiger partial charge in [-0.05, 0) is 25.0 Å². The third kappa shape index (κ3) is 3.08. The molecule has 1 heterocycles. The fourth-order valence-corrected chi connectivity index (χ4v) is 2.17. The van der Waals surface area contributed by atoms with Crippen molar-refractivity contribution in [2.24, 2.45) is 0 Å². The van der Waals surface area contributed by atoms with Crippen LogP contribution >= 0.6 is 0 Å². The second-order valence-corrected chi connectivity index (χ2v) is 4.27. The molecule has 0 saturated heterocycles. The maximum atomic E-state index is 9.78. The molecule has 0 amide bonds. The molecule has 0 radical (unpaired) electrons. The Hall–Kier alpha value is -0.800. The quantitative estimate of drug-likeness (QED) is 0.799. The SMILES string of the molecule is OC(CNC1CCCCC1)c1ccco1. The number of hydrogen-bond donors (Lipinski definition) is 2. The average molecular weight is 209 g/mol. The first kappa shape index (κ1) is 10.7. The van der Waals surface area contributed by atoms with Crippen molar-refractivity contribution in [2.45, 2.75) is 44.2 Å². The van der Waals surface area contributed by atoms with Gasteiger partial charge in [-0.3, -0.25) is 0 Å². The highest BCUT2D eigenvalue weighted by atomic mass is 16.4. The Labute approximate surface area is 90.5 Å². The molecule has 0 aliphatic heterocycles. The van der Waals surface area contributed by atoms with Crippen molar-refractivity contribution in [2.75, 3.05) is 6.54 Å². The minimum Gasteiger partial charge on any atom is -0.467 e. The van der Waals surface area contributed by atoms with Crippen LogP contribution in [0.5, 0.6) is 0 Å². The highest BCUT2D eigenvalue weighted by molar-refractivity contribution is 5.02. The average Bonchev–Trinajstić information content (AvgIpc) is 2.81. The molecule has 3 heteroatoms. The van der Waals surface area contributed by atoms with Crippen molar-refractivity contribution in [1.82, 2.24) is 5.32 Å². The third-order valence-electron chi connectivity index (χ3n) is 3.08. The number of aliphatic hydroxyl groups is 1. The number of hydrogen-bond acceptors (Lipinski definition) is 3. The first-order valence-corrected chi connectivity index (χ1v) is 5.81. The van der Waals surface area contributed by atoms with Crippen LogP contribution in [-0.2, 0) is 0 Å². The molecule has 2 N–H and O–H groups in total. The van der Waals surface area contributed by atoms with Gasteiger partial charge >= 0.3 is 0 Å². The maximum Gasteiger partial charge on any atom is 0.133 e. The van der Waals surface area contributed by atoms with Crippen LogP contribution in [-0.4, -0.2) is 17.7 Å². The van der Waals surface area contributed by atoms with Crippen LogP contribution in [0.25, 0.3) is 0 Å². The van der Waals surface area contributed by atoms with Crippen LogP contribution in [0.4, 0.5) is 0 Å². The van der Waals surface area contributed by atoms with Crippen molar-refractivity contribution in [3.8, 4) is 0 Å². The van der Waals surface area contributed by atoms with Crippen LogP contribution < -0.4 is 5.32 Å². The molecule has 0 bridgehead atoms. The predicted molar refractivity (Wildman–Crippen MR) is 58.5 cm³/mol. The van der Waals surface area contributed by atoms with Crippen LogP contribution in [0.3, 0.4) is 0 Å². The van der Waals surface area contributed by atoms with Gasteiger partial charge in [0.2, 0.25) is 0 Å². The lowest BCUT2D eigenvalue weighted by molar-refractivity contribution is 0.140. The minimum atomic E-state index is -0.512. The van der Waals surface area contributed by atoms with Crippen LogP contribution in [0.2, 0.25) is 0 Å². The molecule has 0 spiro atoms. The lowest BCUT2D eigenvalue weighted by Gasteiger charge is -2.23. The second kappa shape index (κ2) is 5.33. The normalized spacial score (nSPS) is 20.3. The van der Waals surface area contributed by atoms with E-state index in [2.05, 4.69) is 5.32 Å². The Kier molecular flexibility index (Phi) is 3.80. The standard InChI is InChI=1S/C12H19NO2/c14-11(12-7-4-8-15-12)9-13-10-5-2-1-3-6-10/h4,7-8,10-11,13-14H,1-3,5-6,9H2. The fraction of sp³-hybridized carbons (Fsp3) is 0.667. The summed E-state index contributed by atoms with van der Waals surface area (Å²) in [4.78, 5) is 0. The molecule has 2 rings (SSSR count). The van der Waals surface area contributed by atoms with Crippen molar-refractivity contribution < 1.29 is 9.52 Å². The zero-order valence-electron chi connectivity index (χ0n) is 8.98. The number of rotatable bonds is 4. The third-order valence-corrected chi connectivity index (χ3v) is 3.08. The number of aliphatic hydroxyl groups excluding tert-OH is 1. The van der Waals surface area contributed by atoms with Gasteiger partial charge in [0.15, 0.2) is 0 Å². The van der Waals surface area contributed by atoms with Gasteiger partial charge in [0.05, 0.1) is 6.26 Å². The zero-order chi connectivity index (χ0) is 10.5. The molecule has 1 fully saturated rings. The van der Waals surface area contributed by atoms with Crippen LogP contribution in [0.15, 0.2) is 22.8 Å². The van der Waals surface area contributed by atoms with Crippen molar-refractivity contribution in [1.29, 1.82) is 0 Å². The maximum absolute atomic E-state index is 9.78. The first-order valence-electron chi connectivity index (χ1n) is 5.81. The summed E-state index contributed by atoms with van der Waals surface area (Å²) in [6.45, 7) is 0.595. The van der Waals surface area contributed by atoms with E-state index in [4.69, 9.17) is 4.42 Å². The molecule has 84 valence electrons. The fourth-order valence-electron chi connectivity index (χ4n) is 2.17. The Bertz CT molecular complexity index is 265. The van der Waals surface area contributed by atoms with E-state index < -0.39 is 6.10 Å². The molecule has 1 aromatic rings. The monoisotopic (exact) mass is 209 g/mol. The van der Waals surface area contributed by atoms with Crippen LogP contribution in [0, 0.1) is 0 Å². The van der Waals surface area contributed by atoms with E-state index in [-0.39, 0.29) is 0 Å². The molecule has 1 atom stereocenters. The Morgan fingerprint density at radius 3 is 2.87 bits per heavy atom. The van der Waals surface area contributed by atoms with Gasteiger partial charge in [-0.15, -0.1) is 0 Å². The topological polar surface area (TPSA) is 45.4 Å². The molecular formula is C12H19NO2. The molecule has 1 unspecified atom stereocenters. The van der Waals surface area contributed by atoms with Crippen molar-refractivity contribution in [3.05, 3.63) is 24.2 Å². The van der Waals surface area contributed by atoms with E-state index in [1.54, 1.807) is 12.3 Å². The lowest BCUT2D eigenvalue weighted by Crippen LogP contribution is -2.34. The highest BCUT2D eigenvalue weighted by Gasteiger charge is 2.15. The summed E-state index contributed by atoms with van der Waals surface area (Å²) in [5.41, 5.74) is 0. The van der Waals surface area contributed by atoms with Gasteiger partial charge in [0.1, 0.15) is 11.9 Å². The predicted octanol–water partition coefficient (Wildman–Crippen LogP) is 2.24. The van der Waals surface area contributed by atoms with E-state index in [1.807, 2.05) is 6.07 Å². The lowest BCUT2D eigenvalue weighted by atomic mass is 9.95. The van der Waals surface area contributed by atoms with E-state index in [1.165, 1.54) is 32.1 Å². The van der Waals surface area contributed by atoms with E-state index in [0.717, 1.165) is 0 Å². The Morgan fingerprint density at radius 1 is 1.40 bits per heavy atom. The molecule has 3 nitrogen and oxygen atoms in total. The summed E-state index contributed by atoms with van der Waals surface area (Å²) in [5, 5.41) is 13.2. The van der Waals surface area contributed by atoms with Crippen molar-refractivity contribution >= 4 is 0 Å². The van der Waals surface area contributed by atoms with Gasteiger partial charge in [-0.2, -0.15) is 0 Å². The van der Waals surface area contributed by atoms with Gasteiger partial charge < -0.3 is 14.8 Å². The van der Waals surface area contributed by atoms with E-state index >= 15 is 0 Å². The highest BCUT2D eigenvalue weighted by Crippen LogP contribution is 2.18. The summed E-state index contributed by atoms with van der Waals surface area (Å²) in [6.07, 6.45) is 7.55. The van der Waals surface area contributed by atoms with Gasteiger partial charge in [-0.1, -0.05) is 19.3 Å². The first-order chi connectivity index (χ1) is 7.36. The van der Waals surface area contributed by atoms with Gasteiger partial charge in [0.25, 0.3) is 0 Å². The summed E-state index contributed by atoms with van der Waals surface area (Å²) in [6, 6.07) is 4.20. The second-order valence-electron chi connectivity index (χ2n) is 4.27. The Balaban J connectivity index is 1.73. The molecular weight excluding hydrogens is 190 g/mol. The Morgan fingerprint density at radius 2 is 2.20 bits per heavy atom. The minimum absolute atomic E-state index is 0.512. The molecule has 1 aliphatic carbocycles. The molecule has 1 aromatic heterocycles. The largest absolute Gasteiger partial charge is 0.467 e. The smallest absolute Gasteiger partial charge is 0.133 e. The van der Waals surface area contributed by atoms with E-state index in [9.17, 15) is 5.11 Å². The summed E-state index contributed by atoms with van der Waals surface area (Å²) in [7, 11) is 0. The van der Waals surface area contributed by atoms with Crippen LogP contribution in [0.1, 0.15) is 44.0 Å². The number of furan rings is 1. The molecule has 15 heavy (non-hydrogen) atoms. The van der Waals surface area contributed by atoms with Crippen molar-refractivity contribution in [3.63, 3.8) is 0 Å². The van der Waals surface area contributed by atoms with Gasteiger partial charge in [-0.25, -0.2) is 0 Å². The van der Waals surface area contributed by atoms with E-state index in [0.29, 0.717) is 18.3 Å². The molecule has 0 aromatic carbocycles. The summed E-state index contributed by atoms with van der Waals surface area (Å²) >= 11 is 0. The number of nitrogens with one attached hydrogen (secondary N) is 1. The summed E-state index contributed by atoms with van der Waals surface area (Å²) < 4.78 is 5.15. The summed E-state index contributed by atoms with van der Waals surface area (Å²) in [5.74, 6) is 0.651. The zero-order valence-corrected chi connectivity index (χ0v) is 8.98.